The lowest BCUT2D eigenvalue weighted by Crippen LogP contribution is -2.46. The Balaban J connectivity index is 2.00. The normalized spacial score (nSPS) is 28.0. The summed E-state index contributed by atoms with van der Waals surface area (Å²) in [6, 6.07) is -0.0256. The van der Waals surface area contributed by atoms with Crippen LogP contribution in [0, 0.1) is 0 Å². The molecule has 92 valence electrons. The molecular formula is C12H21NO3. The van der Waals surface area contributed by atoms with E-state index in [1.54, 1.807) is 4.90 Å². The van der Waals surface area contributed by atoms with Crippen LogP contribution < -0.4 is 0 Å². The molecule has 16 heavy (non-hydrogen) atoms. The van der Waals surface area contributed by atoms with Gasteiger partial charge in [0, 0.05) is 6.54 Å². The minimum atomic E-state index is -0.618. The second kappa shape index (κ2) is 3.62. The van der Waals surface area contributed by atoms with Crippen molar-refractivity contribution in [3.63, 3.8) is 0 Å². The van der Waals surface area contributed by atoms with Crippen LogP contribution in [0.5, 0.6) is 0 Å². The van der Waals surface area contributed by atoms with Crippen molar-refractivity contribution in [1.82, 2.24) is 4.90 Å². The monoisotopic (exact) mass is 227 g/mol. The average Bonchev–Trinajstić information content (AvgIpc) is 2.70. The maximum absolute atomic E-state index is 11.9. The number of carbonyl (C=O) groups excluding carboxylic acids is 1. The zero-order valence-electron chi connectivity index (χ0n) is 10.3. The maximum atomic E-state index is 11.9. The largest absolute Gasteiger partial charge is 0.444 e. The van der Waals surface area contributed by atoms with E-state index in [0.29, 0.717) is 6.54 Å². The van der Waals surface area contributed by atoms with Crippen molar-refractivity contribution in [1.29, 1.82) is 0 Å². The highest BCUT2D eigenvalue weighted by atomic mass is 16.6. The highest BCUT2D eigenvalue weighted by Gasteiger charge is 2.53. The Labute approximate surface area is 96.6 Å². The van der Waals surface area contributed by atoms with Gasteiger partial charge in [-0.3, -0.25) is 0 Å². The number of hydrogen-bond acceptors (Lipinski definition) is 3. The van der Waals surface area contributed by atoms with Crippen LogP contribution in [0.3, 0.4) is 0 Å². The molecule has 1 saturated heterocycles. The van der Waals surface area contributed by atoms with Crippen molar-refractivity contribution in [2.75, 3.05) is 6.54 Å². The van der Waals surface area contributed by atoms with Gasteiger partial charge in [0.25, 0.3) is 0 Å². The predicted molar refractivity (Wildman–Crippen MR) is 60.1 cm³/mol. The molecule has 0 unspecified atom stereocenters. The van der Waals surface area contributed by atoms with Crippen LogP contribution in [0.15, 0.2) is 0 Å². The van der Waals surface area contributed by atoms with Gasteiger partial charge in [0.15, 0.2) is 0 Å². The van der Waals surface area contributed by atoms with Crippen molar-refractivity contribution in [2.45, 2.75) is 63.7 Å². The van der Waals surface area contributed by atoms with Crippen molar-refractivity contribution in [3.05, 3.63) is 0 Å². The lowest BCUT2D eigenvalue weighted by atomic mass is 10.1. The summed E-state index contributed by atoms with van der Waals surface area (Å²) in [6.07, 6.45) is 3.21. The summed E-state index contributed by atoms with van der Waals surface area (Å²) in [7, 11) is 0. The smallest absolute Gasteiger partial charge is 0.410 e. The van der Waals surface area contributed by atoms with E-state index in [9.17, 15) is 9.90 Å². The zero-order valence-corrected chi connectivity index (χ0v) is 10.3. The van der Waals surface area contributed by atoms with Gasteiger partial charge >= 0.3 is 6.09 Å². The summed E-state index contributed by atoms with van der Waals surface area (Å²) >= 11 is 0. The first-order chi connectivity index (χ1) is 7.32. The molecule has 1 heterocycles. The molecule has 4 heteroatoms. The lowest BCUT2D eigenvalue weighted by molar-refractivity contribution is -0.000838. The molecule has 1 atom stereocenters. The summed E-state index contributed by atoms with van der Waals surface area (Å²) in [5.41, 5.74) is -1.08. The lowest BCUT2D eigenvalue weighted by Gasteiger charge is -2.31. The fourth-order valence-corrected chi connectivity index (χ4v) is 2.33. The molecule has 1 aliphatic heterocycles. The molecule has 1 amide bonds. The van der Waals surface area contributed by atoms with Crippen LogP contribution in [0.25, 0.3) is 0 Å². The molecule has 0 aromatic heterocycles. The third-order valence-electron chi connectivity index (χ3n) is 3.26. The Hall–Kier alpha value is -0.770. The Morgan fingerprint density at radius 1 is 1.44 bits per heavy atom. The van der Waals surface area contributed by atoms with Gasteiger partial charge in [0.2, 0.25) is 0 Å². The molecule has 0 radical (unpaired) electrons. The second-order valence-electron chi connectivity index (χ2n) is 5.94. The average molecular weight is 227 g/mol. The molecule has 0 aromatic carbocycles. The van der Waals surface area contributed by atoms with Gasteiger partial charge in [-0.15, -0.1) is 0 Å². The summed E-state index contributed by atoms with van der Waals surface area (Å²) in [5, 5.41) is 10.1. The molecule has 0 aromatic rings. The fourth-order valence-electron chi connectivity index (χ4n) is 2.33. The van der Waals surface area contributed by atoms with Crippen molar-refractivity contribution in [3.8, 4) is 0 Å². The first-order valence-corrected chi connectivity index (χ1v) is 6.04. The van der Waals surface area contributed by atoms with Crippen LogP contribution in [-0.4, -0.2) is 39.9 Å². The molecule has 2 fully saturated rings. The molecule has 4 nitrogen and oxygen atoms in total. The quantitative estimate of drug-likeness (QED) is 0.744. The standard InChI is InChI=1S/C12H21NO3/c1-11(2,3)16-10(14)13-8-4-5-9(13)12(15)6-7-12/h9,15H,4-8H2,1-3H3/t9-/m1/s1. The van der Waals surface area contributed by atoms with Crippen LogP contribution in [0.1, 0.15) is 46.5 Å². The van der Waals surface area contributed by atoms with E-state index in [1.165, 1.54) is 0 Å². The molecule has 2 aliphatic rings. The fraction of sp³-hybridized carbons (Fsp3) is 0.917. The van der Waals surface area contributed by atoms with E-state index in [4.69, 9.17) is 4.74 Å². The van der Waals surface area contributed by atoms with Gasteiger partial charge in [0.1, 0.15) is 5.60 Å². The van der Waals surface area contributed by atoms with Crippen LogP contribution >= 0.6 is 0 Å². The summed E-state index contributed by atoms with van der Waals surface area (Å²) in [5.74, 6) is 0. The van der Waals surface area contributed by atoms with Crippen LogP contribution in [0.2, 0.25) is 0 Å². The van der Waals surface area contributed by atoms with Gasteiger partial charge in [-0.1, -0.05) is 0 Å². The summed E-state index contributed by atoms with van der Waals surface area (Å²) in [4.78, 5) is 13.6. The Morgan fingerprint density at radius 2 is 2.06 bits per heavy atom. The summed E-state index contributed by atoms with van der Waals surface area (Å²) in [6.45, 7) is 6.30. The van der Waals surface area contributed by atoms with Crippen LogP contribution in [-0.2, 0) is 4.74 Å². The number of aliphatic hydroxyl groups is 1. The minimum absolute atomic E-state index is 0.0256. The second-order valence-corrected chi connectivity index (χ2v) is 5.94. The van der Waals surface area contributed by atoms with E-state index < -0.39 is 11.2 Å². The number of amides is 1. The molecule has 1 N–H and O–H groups in total. The highest BCUT2D eigenvalue weighted by Crippen LogP contribution is 2.44. The van der Waals surface area contributed by atoms with Crippen LogP contribution in [0.4, 0.5) is 4.79 Å². The van der Waals surface area contributed by atoms with Crippen molar-refractivity contribution < 1.29 is 14.6 Å². The number of likely N-dealkylation sites (tertiary alicyclic amines) is 1. The third-order valence-corrected chi connectivity index (χ3v) is 3.26. The van der Waals surface area contributed by atoms with Gasteiger partial charge in [-0.25, -0.2) is 4.79 Å². The highest BCUT2D eigenvalue weighted by molar-refractivity contribution is 5.69. The summed E-state index contributed by atoms with van der Waals surface area (Å²) < 4.78 is 5.35. The van der Waals surface area contributed by atoms with Gasteiger partial charge in [0.05, 0.1) is 11.6 Å². The van der Waals surface area contributed by atoms with E-state index in [-0.39, 0.29) is 12.1 Å². The molecule has 2 rings (SSSR count). The first-order valence-electron chi connectivity index (χ1n) is 6.04. The van der Waals surface area contributed by atoms with E-state index in [2.05, 4.69) is 0 Å². The third kappa shape index (κ3) is 2.32. The topological polar surface area (TPSA) is 49.8 Å². The number of hydrogen-bond donors (Lipinski definition) is 1. The first kappa shape index (κ1) is 11.7. The van der Waals surface area contributed by atoms with Crippen molar-refractivity contribution in [2.24, 2.45) is 0 Å². The van der Waals surface area contributed by atoms with Gasteiger partial charge in [-0.05, 0) is 46.5 Å². The number of rotatable bonds is 1. The number of carbonyl (C=O) groups is 1. The van der Waals surface area contributed by atoms with Gasteiger partial charge < -0.3 is 14.7 Å². The van der Waals surface area contributed by atoms with Gasteiger partial charge in [-0.2, -0.15) is 0 Å². The molecule has 0 spiro atoms. The number of ether oxygens (including phenoxy) is 1. The maximum Gasteiger partial charge on any atom is 0.410 e. The number of nitrogens with zero attached hydrogens (tertiary/aromatic N) is 1. The van der Waals surface area contributed by atoms with E-state index in [1.807, 2.05) is 20.8 Å². The molecular weight excluding hydrogens is 206 g/mol. The predicted octanol–water partition coefficient (Wildman–Crippen LogP) is 1.91. The zero-order chi connectivity index (χ0) is 12.0. The molecule has 0 bridgehead atoms. The van der Waals surface area contributed by atoms with E-state index >= 15 is 0 Å². The SMILES string of the molecule is CC(C)(C)OC(=O)N1CCC[C@@H]1C1(O)CC1. The Bertz CT molecular complexity index is 291. The molecule has 1 aliphatic carbocycles. The molecule has 1 saturated carbocycles. The minimum Gasteiger partial charge on any atom is -0.444 e. The Kier molecular flexibility index (Phi) is 2.65. The van der Waals surface area contributed by atoms with Crippen molar-refractivity contribution >= 4 is 6.09 Å². The Morgan fingerprint density at radius 3 is 2.56 bits per heavy atom. The van der Waals surface area contributed by atoms with E-state index in [0.717, 1.165) is 25.7 Å².